The van der Waals surface area contributed by atoms with Gasteiger partial charge in [0.25, 0.3) is 0 Å². The zero-order valence-electron chi connectivity index (χ0n) is 8.77. The average molecular weight is 257 g/mol. The maximum absolute atomic E-state index is 13.4. The summed E-state index contributed by atoms with van der Waals surface area (Å²) in [6.45, 7) is 1.26. The van der Waals surface area contributed by atoms with Gasteiger partial charge in [0.05, 0.1) is 16.5 Å². The van der Waals surface area contributed by atoms with E-state index in [4.69, 9.17) is 10.4 Å². The van der Waals surface area contributed by atoms with E-state index in [2.05, 4.69) is 0 Å². The summed E-state index contributed by atoms with van der Waals surface area (Å²) in [5.41, 5.74) is -0.817. The van der Waals surface area contributed by atoms with Gasteiger partial charge in [-0.3, -0.25) is 0 Å². The Bertz CT molecular complexity index is 616. The van der Waals surface area contributed by atoms with Crippen LogP contribution in [-0.2, 0) is 9.84 Å². The first-order valence-electron chi connectivity index (χ1n) is 4.42. The highest BCUT2D eigenvalue weighted by molar-refractivity contribution is 7.91. The molecule has 0 radical (unpaired) electrons. The molecule has 0 saturated carbocycles. The van der Waals surface area contributed by atoms with Gasteiger partial charge in [0.1, 0.15) is 11.6 Å². The molecular formula is C10H8FNO4S. The topological polar surface area (TPSA) is 95.2 Å². The van der Waals surface area contributed by atoms with E-state index >= 15 is 0 Å². The lowest BCUT2D eigenvalue weighted by atomic mass is 10.1. The number of aryl methyl sites for hydroxylation is 1. The van der Waals surface area contributed by atoms with E-state index in [0.29, 0.717) is 0 Å². The van der Waals surface area contributed by atoms with Crippen molar-refractivity contribution in [3.05, 3.63) is 29.1 Å². The summed E-state index contributed by atoms with van der Waals surface area (Å²) >= 11 is 0. The van der Waals surface area contributed by atoms with E-state index in [1.807, 2.05) is 0 Å². The van der Waals surface area contributed by atoms with Gasteiger partial charge in [-0.05, 0) is 24.6 Å². The number of hydrogen-bond donors (Lipinski definition) is 1. The molecule has 0 aliphatic carbocycles. The molecule has 1 aromatic carbocycles. The van der Waals surface area contributed by atoms with Crippen LogP contribution in [-0.4, -0.2) is 25.2 Å². The van der Waals surface area contributed by atoms with Gasteiger partial charge in [0.15, 0.2) is 9.84 Å². The zero-order chi connectivity index (χ0) is 13.2. The van der Waals surface area contributed by atoms with Crippen molar-refractivity contribution in [3.63, 3.8) is 0 Å². The van der Waals surface area contributed by atoms with E-state index in [0.717, 1.165) is 12.1 Å². The van der Waals surface area contributed by atoms with Crippen LogP contribution >= 0.6 is 0 Å². The monoisotopic (exact) mass is 257 g/mol. The molecule has 1 N–H and O–H groups in total. The number of rotatable bonds is 3. The molecule has 7 heteroatoms. The lowest BCUT2D eigenvalue weighted by Crippen LogP contribution is -2.10. The Labute approximate surface area is 97.0 Å². The molecule has 0 aliphatic rings. The summed E-state index contributed by atoms with van der Waals surface area (Å²) in [7, 11) is -3.90. The maximum Gasteiger partial charge on any atom is 0.338 e. The van der Waals surface area contributed by atoms with Crippen LogP contribution in [0.4, 0.5) is 4.39 Å². The van der Waals surface area contributed by atoms with Crippen molar-refractivity contribution in [3.8, 4) is 6.07 Å². The number of carboxylic acids is 1. The molecule has 17 heavy (non-hydrogen) atoms. The molecule has 0 fully saturated rings. The summed E-state index contributed by atoms with van der Waals surface area (Å²) in [5, 5.41) is 17.1. The Hall–Kier alpha value is -1.94. The van der Waals surface area contributed by atoms with Gasteiger partial charge in [-0.25, -0.2) is 17.6 Å². The fraction of sp³-hybridized carbons (Fsp3) is 0.200. The quantitative estimate of drug-likeness (QED) is 0.819. The number of halogens is 1. The lowest BCUT2D eigenvalue weighted by molar-refractivity contribution is 0.0691. The van der Waals surface area contributed by atoms with E-state index in [9.17, 15) is 17.6 Å². The molecule has 0 amide bonds. The van der Waals surface area contributed by atoms with Crippen LogP contribution in [0.25, 0.3) is 0 Å². The van der Waals surface area contributed by atoms with E-state index in [-0.39, 0.29) is 10.5 Å². The number of hydrogen-bond acceptors (Lipinski definition) is 4. The third kappa shape index (κ3) is 2.60. The fourth-order valence-corrected chi connectivity index (χ4v) is 2.23. The molecule has 90 valence electrons. The fourth-order valence-electron chi connectivity index (χ4n) is 1.24. The van der Waals surface area contributed by atoms with Gasteiger partial charge in [0.2, 0.25) is 0 Å². The first-order valence-corrected chi connectivity index (χ1v) is 6.08. The normalized spacial score (nSPS) is 10.9. The largest absolute Gasteiger partial charge is 0.478 e. The highest BCUT2D eigenvalue weighted by atomic mass is 32.2. The molecule has 0 saturated heterocycles. The molecule has 1 aromatic rings. The summed E-state index contributed by atoms with van der Waals surface area (Å²) in [6.07, 6.45) is 0. The number of nitrogens with zero attached hydrogens (tertiary/aromatic N) is 1. The van der Waals surface area contributed by atoms with E-state index < -0.39 is 32.9 Å². The van der Waals surface area contributed by atoms with Crippen LogP contribution < -0.4 is 0 Å². The predicted molar refractivity (Wildman–Crippen MR) is 55.8 cm³/mol. The Morgan fingerprint density at radius 2 is 2.12 bits per heavy atom. The second-order valence-electron chi connectivity index (χ2n) is 3.32. The average Bonchev–Trinajstić information content (AvgIpc) is 2.21. The Kier molecular flexibility index (Phi) is 3.48. The Balaban J connectivity index is 3.50. The minimum atomic E-state index is -3.90. The summed E-state index contributed by atoms with van der Waals surface area (Å²) in [5.74, 6) is -3.31. The molecule has 0 heterocycles. The molecule has 0 spiro atoms. The van der Waals surface area contributed by atoms with Gasteiger partial charge in [-0.15, -0.1) is 0 Å². The van der Waals surface area contributed by atoms with Gasteiger partial charge < -0.3 is 5.11 Å². The van der Waals surface area contributed by atoms with Gasteiger partial charge in [-0.1, -0.05) is 0 Å². The molecule has 5 nitrogen and oxygen atoms in total. The van der Waals surface area contributed by atoms with Crippen molar-refractivity contribution < 1.29 is 22.7 Å². The number of benzene rings is 1. The molecule has 0 atom stereocenters. The smallest absolute Gasteiger partial charge is 0.338 e. The third-order valence-electron chi connectivity index (χ3n) is 2.07. The van der Waals surface area contributed by atoms with Crippen LogP contribution in [0.1, 0.15) is 15.9 Å². The first kappa shape index (κ1) is 13.1. The maximum atomic E-state index is 13.4. The number of sulfone groups is 1. The van der Waals surface area contributed by atoms with Crippen LogP contribution in [0, 0.1) is 24.1 Å². The standard InChI is InChI=1S/C10H8FNO4S/c1-6-4-7(17(15,16)3-2-12)5-8(9(6)11)10(13)14/h4-5H,3H2,1H3,(H,13,14). The Morgan fingerprint density at radius 3 is 2.59 bits per heavy atom. The zero-order valence-corrected chi connectivity index (χ0v) is 9.58. The van der Waals surface area contributed by atoms with Crippen molar-refractivity contribution in [2.75, 3.05) is 5.75 Å². The van der Waals surface area contributed by atoms with Gasteiger partial charge >= 0.3 is 5.97 Å². The minimum absolute atomic E-state index is 0.0959. The summed E-state index contributed by atoms with van der Waals surface area (Å²) in [4.78, 5) is 10.3. The van der Waals surface area contributed by atoms with Crippen LogP contribution in [0.5, 0.6) is 0 Å². The van der Waals surface area contributed by atoms with Crippen molar-refractivity contribution in [2.45, 2.75) is 11.8 Å². The lowest BCUT2D eigenvalue weighted by Gasteiger charge is -2.06. The summed E-state index contributed by atoms with van der Waals surface area (Å²) in [6, 6.07) is 3.19. The SMILES string of the molecule is Cc1cc(S(=O)(=O)CC#N)cc(C(=O)O)c1F. The van der Waals surface area contributed by atoms with Crippen molar-refractivity contribution >= 4 is 15.8 Å². The second kappa shape index (κ2) is 4.51. The van der Waals surface area contributed by atoms with Gasteiger partial charge in [0, 0.05) is 0 Å². The predicted octanol–water partition coefficient (Wildman–Crippen LogP) is 1.13. The number of aromatic carboxylic acids is 1. The number of carbonyl (C=O) groups is 1. The van der Waals surface area contributed by atoms with E-state index in [1.165, 1.54) is 13.0 Å². The number of nitriles is 1. The van der Waals surface area contributed by atoms with Crippen LogP contribution in [0.2, 0.25) is 0 Å². The molecular weight excluding hydrogens is 249 g/mol. The third-order valence-corrected chi connectivity index (χ3v) is 3.54. The first-order chi connectivity index (χ1) is 7.79. The molecule has 1 rings (SSSR count). The molecule has 0 unspecified atom stereocenters. The van der Waals surface area contributed by atoms with Crippen molar-refractivity contribution in [1.82, 2.24) is 0 Å². The Morgan fingerprint density at radius 1 is 1.53 bits per heavy atom. The number of carboxylic acid groups (broad SMARTS) is 1. The van der Waals surface area contributed by atoms with Crippen molar-refractivity contribution in [1.29, 1.82) is 5.26 Å². The molecule has 0 aromatic heterocycles. The van der Waals surface area contributed by atoms with Crippen LogP contribution in [0.3, 0.4) is 0 Å². The summed E-state index contributed by atoms with van der Waals surface area (Å²) < 4.78 is 36.4. The van der Waals surface area contributed by atoms with Crippen molar-refractivity contribution in [2.24, 2.45) is 0 Å². The highest BCUT2D eigenvalue weighted by Crippen LogP contribution is 2.20. The minimum Gasteiger partial charge on any atom is -0.478 e. The second-order valence-corrected chi connectivity index (χ2v) is 5.31. The molecule has 0 aliphatic heterocycles. The van der Waals surface area contributed by atoms with Gasteiger partial charge in [-0.2, -0.15) is 5.26 Å². The van der Waals surface area contributed by atoms with E-state index in [1.54, 1.807) is 0 Å². The highest BCUT2D eigenvalue weighted by Gasteiger charge is 2.20. The molecule has 0 bridgehead atoms. The van der Waals surface area contributed by atoms with Crippen LogP contribution in [0.15, 0.2) is 17.0 Å².